The van der Waals surface area contributed by atoms with E-state index in [-0.39, 0.29) is 5.16 Å². The maximum Gasteiger partial charge on any atom is 0.235 e. The van der Waals surface area contributed by atoms with E-state index in [1.54, 1.807) is 23.5 Å². The van der Waals surface area contributed by atoms with Crippen molar-refractivity contribution in [2.45, 2.75) is 5.16 Å². The lowest BCUT2D eigenvalue weighted by molar-refractivity contribution is -0.250. The van der Waals surface area contributed by atoms with Gasteiger partial charge in [0.15, 0.2) is 0 Å². The first kappa shape index (κ1) is 13.0. The van der Waals surface area contributed by atoms with Crippen LogP contribution in [0.3, 0.4) is 0 Å². The van der Waals surface area contributed by atoms with Crippen LogP contribution in [0.2, 0.25) is 0 Å². The summed E-state index contributed by atoms with van der Waals surface area (Å²) in [6.07, 6.45) is 2.56. The third-order valence-corrected chi connectivity index (χ3v) is 3.57. The first-order chi connectivity index (χ1) is 9.00. The van der Waals surface area contributed by atoms with Crippen LogP contribution in [0, 0.1) is 0 Å². The predicted octanol–water partition coefficient (Wildman–Crippen LogP) is -1.07. The average molecular weight is 281 g/mol. The number of amides is 1. The third kappa shape index (κ3) is 2.88. The first-order valence-corrected chi connectivity index (χ1v) is 6.78. The number of carbonyl (C=O) groups excluding carboxylic acids is 1. The van der Waals surface area contributed by atoms with Gasteiger partial charge >= 0.3 is 0 Å². The summed E-state index contributed by atoms with van der Waals surface area (Å²) in [7, 11) is -3.91. The maximum atomic E-state index is 11.9. The van der Waals surface area contributed by atoms with Crippen molar-refractivity contribution >= 4 is 15.9 Å². The number of rotatable bonds is 4. The van der Waals surface area contributed by atoms with Gasteiger partial charge in [0.25, 0.3) is 0 Å². The van der Waals surface area contributed by atoms with Gasteiger partial charge in [-0.2, -0.15) is 0 Å². The summed E-state index contributed by atoms with van der Waals surface area (Å²) >= 11 is 0. The molecule has 0 saturated carbocycles. The van der Waals surface area contributed by atoms with Gasteiger partial charge in [-0.1, -0.05) is 6.07 Å². The van der Waals surface area contributed by atoms with Gasteiger partial charge in [-0.3, -0.25) is 4.57 Å². The lowest BCUT2D eigenvalue weighted by Crippen LogP contribution is -2.39. The Labute approximate surface area is 108 Å². The Balaban J connectivity index is 2.37. The summed E-state index contributed by atoms with van der Waals surface area (Å²) in [6.45, 7) is 0. The molecule has 19 heavy (non-hydrogen) atoms. The highest BCUT2D eigenvalue weighted by Gasteiger charge is 2.21. The third-order valence-electron chi connectivity index (χ3n) is 2.19. The number of aromatic nitrogens is 3. The summed E-state index contributed by atoms with van der Waals surface area (Å²) in [5.74, 6) is -0.439. The zero-order chi connectivity index (χ0) is 13.9. The Bertz CT molecular complexity index is 681. The normalized spacial score (nSPS) is 11.2. The molecule has 0 aliphatic carbocycles. The predicted molar refractivity (Wildman–Crippen MR) is 61.9 cm³/mol. The van der Waals surface area contributed by atoms with Crippen molar-refractivity contribution in [3.63, 3.8) is 0 Å². The number of imidazole rings is 1. The fourth-order valence-electron chi connectivity index (χ4n) is 1.41. The monoisotopic (exact) mass is 281 g/mol. The molecule has 0 saturated heterocycles. The SMILES string of the molecule is O=C([O-])NCS(=O)(=O)c1nccn1-c1ccccn1. The summed E-state index contributed by atoms with van der Waals surface area (Å²) in [5.41, 5.74) is 0. The van der Waals surface area contributed by atoms with Crippen LogP contribution in [0.4, 0.5) is 4.79 Å². The van der Waals surface area contributed by atoms with E-state index in [4.69, 9.17) is 0 Å². The highest BCUT2D eigenvalue weighted by atomic mass is 32.2. The number of hydrogen-bond acceptors (Lipinski definition) is 6. The van der Waals surface area contributed by atoms with Gasteiger partial charge in [-0.25, -0.2) is 18.4 Å². The fourth-order valence-corrected chi connectivity index (χ4v) is 2.52. The van der Waals surface area contributed by atoms with Gasteiger partial charge in [0.2, 0.25) is 15.0 Å². The largest absolute Gasteiger partial charge is 0.530 e. The van der Waals surface area contributed by atoms with E-state index in [0.29, 0.717) is 5.82 Å². The van der Waals surface area contributed by atoms with Crippen LogP contribution < -0.4 is 10.4 Å². The van der Waals surface area contributed by atoms with Crippen molar-refractivity contribution in [2.24, 2.45) is 0 Å². The molecule has 1 N–H and O–H groups in total. The molecule has 0 bridgehead atoms. The van der Waals surface area contributed by atoms with E-state index in [1.165, 1.54) is 23.2 Å². The Morgan fingerprint density at radius 2 is 2.11 bits per heavy atom. The summed E-state index contributed by atoms with van der Waals surface area (Å²) < 4.78 is 25.1. The van der Waals surface area contributed by atoms with Crippen molar-refractivity contribution in [1.82, 2.24) is 19.9 Å². The van der Waals surface area contributed by atoms with Gasteiger partial charge in [-0.05, 0) is 12.1 Å². The van der Waals surface area contributed by atoms with Gasteiger partial charge in [0.1, 0.15) is 17.8 Å². The lowest BCUT2D eigenvalue weighted by atomic mass is 10.5. The molecule has 0 aliphatic heterocycles. The summed E-state index contributed by atoms with van der Waals surface area (Å²) in [4.78, 5) is 18.0. The van der Waals surface area contributed by atoms with E-state index in [2.05, 4.69) is 9.97 Å². The highest BCUT2D eigenvalue weighted by molar-refractivity contribution is 7.91. The van der Waals surface area contributed by atoms with Crippen molar-refractivity contribution in [3.8, 4) is 5.82 Å². The molecule has 0 fully saturated rings. The van der Waals surface area contributed by atoms with Crippen LogP contribution >= 0.6 is 0 Å². The number of nitrogens with zero attached hydrogens (tertiary/aromatic N) is 3. The van der Waals surface area contributed by atoms with Gasteiger partial charge < -0.3 is 15.2 Å². The minimum atomic E-state index is -3.91. The van der Waals surface area contributed by atoms with Gasteiger partial charge in [-0.15, -0.1) is 0 Å². The summed E-state index contributed by atoms with van der Waals surface area (Å²) in [6, 6.07) is 4.98. The molecular weight excluding hydrogens is 272 g/mol. The topological polar surface area (TPSA) is 117 Å². The van der Waals surface area contributed by atoms with E-state index in [1.807, 2.05) is 0 Å². The minimum absolute atomic E-state index is 0.292. The van der Waals surface area contributed by atoms with Crippen LogP contribution in [0.1, 0.15) is 0 Å². The Morgan fingerprint density at radius 3 is 2.74 bits per heavy atom. The number of pyridine rings is 1. The fraction of sp³-hybridized carbons (Fsp3) is 0.100. The second-order valence-electron chi connectivity index (χ2n) is 3.49. The van der Waals surface area contributed by atoms with Gasteiger partial charge in [0, 0.05) is 18.6 Å². The summed E-state index contributed by atoms with van der Waals surface area (Å²) in [5, 5.41) is 11.6. The van der Waals surface area contributed by atoms with Crippen LogP contribution in [0.15, 0.2) is 41.9 Å². The van der Waals surface area contributed by atoms with E-state index in [9.17, 15) is 18.3 Å². The van der Waals surface area contributed by atoms with Crippen LogP contribution in [0.5, 0.6) is 0 Å². The number of carbonyl (C=O) groups is 1. The highest BCUT2D eigenvalue weighted by Crippen LogP contribution is 2.13. The Morgan fingerprint density at radius 1 is 1.32 bits per heavy atom. The molecule has 0 aliphatic rings. The Kier molecular flexibility index (Phi) is 3.47. The standard InChI is InChI=1S/C10H10N4O4S/c15-10(16)13-7-19(17,18)9-12-5-6-14(9)8-3-1-2-4-11-8/h1-6,13H,7H2,(H,15,16)/p-1. The quantitative estimate of drug-likeness (QED) is 0.762. The average Bonchev–Trinajstić information content (AvgIpc) is 2.87. The van der Waals surface area contributed by atoms with Crippen LogP contribution in [0.25, 0.3) is 5.82 Å². The minimum Gasteiger partial charge on any atom is -0.530 e. The maximum absolute atomic E-state index is 11.9. The molecule has 9 heteroatoms. The van der Waals surface area contributed by atoms with Crippen LogP contribution in [-0.2, 0) is 9.84 Å². The molecular formula is C10H9N4O4S-. The molecule has 2 heterocycles. The molecule has 2 rings (SSSR count). The molecule has 100 valence electrons. The molecule has 0 spiro atoms. The molecule has 0 radical (unpaired) electrons. The second-order valence-corrected chi connectivity index (χ2v) is 5.37. The van der Waals surface area contributed by atoms with Crippen LogP contribution in [-0.4, -0.2) is 34.9 Å². The zero-order valence-corrected chi connectivity index (χ0v) is 10.4. The Hall–Kier alpha value is -2.42. The van der Waals surface area contributed by atoms with Crippen molar-refractivity contribution < 1.29 is 18.3 Å². The van der Waals surface area contributed by atoms with E-state index >= 15 is 0 Å². The number of nitrogens with one attached hydrogen (secondary N) is 1. The zero-order valence-electron chi connectivity index (χ0n) is 9.55. The molecule has 8 nitrogen and oxygen atoms in total. The number of hydrogen-bond donors (Lipinski definition) is 1. The molecule has 1 amide bonds. The van der Waals surface area contributed by atoms with Crippen molar-refractivity contribution in [2.75, 3.05) is 5.88 Å². The van der Waals surface area contributed by atoms with Gasteiger partial charge in [0.05, 0.1) is 0 Å². The van der Waals surface area contributed by atoms with Crippen molar-refractivity contribution in [3.05, 3.63) is 36.8 Å². The van der Waals surface area contributed by atoms with Crippen molar-refractivity contribution in [1.29, 1.82) is 0 Å². The molecule has 2 aromatic heterocycles. The molecule has 0 aromatic carbocycles. The van der Waals surface area contributed by atoms with E-state index in [0.717, 1.165) is 0 Å². The smallest absolute Gasteiger partial charge is 0.235 e. The second kappa shape index (κ2) is 5.06. The molecule has 2 aromatic rings. The first-order valence-electron chi connectivity index (χ1n) is 5.13. The lowest BCUT2D eigenvalue weighted by Gasteiger charge is -2.09. The number of sulfone groups is 1. The molecule has 0 atom stereocenters. The van der Waals surface area contributed by atoms with E-state index < -0.39 is 21.8 Å². The molecule has 0 unspecified atom stereocenters. The number of carboxylic acid groups (broad SMARTS) is 1.